The molecule has 0 radical (unpaired) electrons. The molecular formula is C34H21B2NO2. The summed E-state index contributed by atoms with van der Waals surface area (Å²) in [5.74, 6) is 0. The molecule has 8 aromatic rings. The fraction of sp³-hybridized carbons (Fsp3) is 0. The van der Waals surface area contributed by atoms with Crippen LogP contribution < -0.4 is 27.7 Å². The summed E-state index contributed by atoms with van der Waals surface area (Å²) < 4.78 is 16.2. The van der Waals surface area contributed by atoms with Gasteiger partial charge in [0.1, 0.15) is 11.2 Å². The zero-order chi connectivity index (χ0) is 25.5. The number of furan rings is 2. The highest BCUT2D eigenvalue weighted by Gasteiger charge is 2.48. The first-order valence-corrected chi connectivity index (χ1v) is 13.4. The highest BCUT2D eigenvalue weighted by molar-refractivity contribution is 7.08. The number of para-hydroxylation sites is 4. The predicted molar refractivity (Wildman–Crippen MR) is 163 cm³/mol. The van der Waals surface area contributed by atoms with Gasteiger partial charge in [-0.3, -0.25) is 0 Å². The summed E-state index contributed by atoms with van der Waals surface area (Å²) >= 11 is 0. The Morgan fingerprint density at radius 1 is 0.436 bits per heavy atom. The summed E-state index contributed by atoms with van der Waals surface area (Å²) in [6.07, 6.45) is 0. The van der Waals surface area contributed by atoms with Crippen molar-refractivity contribution in [1.29, 1.82) is 0 Å². The van der Waals surface area contributed by atoms with Gasteiger partial charge in [-0.05, 0) is 35.2 Å². The molecule has 0 fully saturated rings. The molecule has 3 nitrogen and oxygen atoms in total. The number of nitrogens with zero attached hydrogens (tertiary/aromatic N) is 1. The largest absolute Gasteiger partial charge is 0.471 e. The maximum absolute atomic E-state index is 6.89. The maximum atomic E-state index is 6.89. The molecule has 5 heteroatoms. The maximum Gasteiger partial charge on any atom is 0.372 e. The molecule has 0 saturated carbocycles. The molecule has 0 unspecified atom stereocenters. The summed E-state index contributed by atoms with van der Waals surface area (Å²) in [6, 6.07) is 44.9. The van der Waals surface area contributed by atoms with Crippen LogP contribution in [-0.2, 0) is 0 Å². The molecule has 3 aromatic heterocycles. The molecule has 0 amide bonds. The third kappa shape index (κ3) is 2.79. The van der Waals surface area contributed by atoms with E-state index in [4.69, 9.17) is 8.83 Å². The van der Waals surface area contributed by atoms with Crippen LogP contribution in [0.5, 0.6) is 0 Å². The third-order valence-corrected chi connectivity index (χ3v) is 8.41. The van der Waals surface area contributed by atoms with Crippen LogP contribution in [0.4, 0.5) is 0 Å². The predicted octanol–water partition coefficient (Wildman–Crippen LogP) is 4.77. The van der Waals surface area contributed by atoms with Gasteiger partial charge in [0.15, 0.2) is 0 Å². The minimum absolute atomic E-state index is 0.0726. The van der Waals surface area contributed by atoms with Crippen LogP contribution in [0, 0.1) is 0 Å². The van der Waals surface area contributed by atoms with E-state index in [0.717, 1.165) is 33.3 Å². The average molecular weight is 497 g/mol. The van der Waals surface area contributed by atoms with Crippen LogP contribution in [-0.4, -0.2) is 18.0 Å². The number of hydrogen-bond donors (Lipinski definition) is 0. The van der Waals surface area contributed by atoms with E-state index >= 15 is 0 Å². The first kappa shape index (κ1) is 21.1. The van der Waals surface area contributed by atoms with Gasteiger partial charge in [-0.1, -0.05) is 109 Å². The van der Waals surface area contributed by atoms with E-state index in [0.29, 0.717) is 0 Å². The van der Waals surface area contributed by atoms with Crippen molar-refractivity contribution in [1.82, 2.24) is 4.48 Å². The minimum atomic E-state index is -0.184. The Bertz CT molecular complexity index is 2150. The molecule has 0 saturated heterocycles. The van der Waals surface area contributed by atoms with Gasteiger partial charge in [0.05, 0.1) is 11.3 Å². The lowest BCUT2D eigenvalue weighted by atomic mass is 9.28. The fourth-order valence-corrected chi connectivity index (χ4v) is 6.87. The molecule has 39 heavy (non-hydrogen) atoms. The highest BCUT2D eigenvalue weighted by Crippen LogP contribution is 2.31. The lowest BCUT2D eigenvalue weighted by Gasteiger charge is -2.26. The van der Waals surface area contributed by atoms with E-state index in [-0.39, 0.29) is 13.6 Å². The Morgan fingerprint density at radius 2 is 0.923 bits per heavy atom. The monoisotopic (exact) mass is 497 g/mol. The van der Waals surface area contributed by atoms with Gasteiger partial charge in [0, 0.05) is 32.6 Å². The Labute approximate surface area is 225 Å². The van der Waals surface area contributed by atoms with Crippen LogP contribution >= 0.6 is 0 Å². The highest BCUT2D eigenvalue weighted by atomic mass is 16.3. The summed E-state index contributed by atoms with van der Waals surface area (Å²) in [7, 11) is 0. The van der Waals surface area contributed by atoms with Gasteiger partial charge in [0.2, 0.25) is 0 Å². The van der Waals surface area contributed by atoms with Crippen LogP contribution in [0.3, 0.4) is 0 Å². The number of hydrogen-bond acceptors (Lipinski definition) is 2. The molecule has 9 rings (SSSR count). The van der Waals surface area contributed by atoms with Gasteiger partial charge < -0.3 is 13.3 Å². The molecule has 0 spiro atoms. The number of rotatable bonds is 2. The van der Waals surface area contributed by atoms with Crippen molar-refractivity contribution in [3.63, 3.8) is 0 Å². The van der Waals surface area contributed by atoms with E-state index in [1.165, 1.54) is 38.2 Å². The van der Waals surface area contributed by atoms with Crippen molar-refractivity contribution in [3.8, 4) is 0 Å². The third-order valence-electron chi connectivity index (χ3n) is 8.41. The Morgan fingerprint density at radius 3 is 1.56 bits per heavy atom. The molecular weight excluding hydrogens is 476 g/mol. The van der Waals surface area contributed by atoms with Crippen LogP contribution in [0.1, 0.15) is 0 Å². The molecule has 1 aliphatic rings. The van der Waals surface area contributed by atoms with E-state index in [1.54, 1.807) is 0 Å². The van der Waals surface area contributed by atoms with Crippen LogP contribution in [0.25, 0.3) is 43.7 Å². The molecule has 0 bridgehead atoms. The molecule has 4 heterocycles. The van der Waals surface area contributed by atoms with Gasteiger partial charge >= 0.3 is 6.85 Å². The Balaban J connectivity index is 1.49. The number of aromatic nitrogens is 1. The van der Waals surface area contributed by atoms with Crippen molar-refractivity contribution in [3.05, 3.63) is 127 Å². The standard InChI is InChI=1S/C34H21B2NO2/c1-2-12-22(13-3-1)35-31-25-16-6-10-20-29(25)39-34(31)36(32-26-17-7-11-21-30(26)38-33(32)35)37-27-18-8-4-14-23(27)24-15-5-9-19-28(24)37/h1-21H. The van der Waals surface area contributed by atoms with E-state index < -0.39 is 0 Å². The molecule has 0 aliphatic carbocycles. The van der Waals surface area contributed by atoms with Crippen molar-refractivity contribution in [2.75, 3.05) is 0 Å². The smallest absolute Gasteiger partial charge is 0.372 e. The van der Waals surface area contributed by atoms with Crippen molar-refractivity contribution < 1.29 is 8.83 Å². The summed E-state index contributed by atoms with van der Waals surface area (Å²) in [6.45, 7) is -0.257. The second-order valence-electron chi connectivity index (χ2n) is 10.4. The second kappa shape index (κ2) is 7.81. The molecule has 1 aliphatic heterocycles. The van der Waals surface area contributed by atoms with E-state index in [9.17, 15) is 0 Å². The van der Waals surface area contributed by atoms with Gasteiger partial charge in [0.25, 0.3) is 6.71 Å². The molecule has 0 N–H and O–H groups in total. The minimum Gasteiger partial charge on any atom is -0.471 e. The zero-order valence-corrected chi connectivity index (χ0v) is 21.0. The number of fused-ring (bicyclic) bond motifs is 9. The normalized spacial score (nSPS) is 13.0. The lowest BCUT2D eigenvalue weighted by Crippen LogP contribution is -2.72. The van der Waals surface area contributed by atoms with Gasteiger partial charge in [-0.2, -0.15) is 0 Å². The fourth-order valence-electron chi connectivity index (χ4n) is 6.87. The molecule has 180 valence electrons. The topological polar surface area (TPSA) is 31.2 Å². The average Bonchev–Trinajstić information content (AvgIpc) is 3.67. The molecule has 0 atom stereocenters. The summed E-state index contributed by atoms with van der Waals surface area (Å²) in [4.78, 5) is 0. The van der Waals surface area contributed by atoms with Gasteiger partial charge in [-0.25, -0.2) is 0 Å². The first-order valence-electron chi connectivity index (χ1n) is 13.4. The molecule has 5 aromatic carbocycles. The van der Waals surface area contributed by atoms with Crippen molar-refractivity contribution in [2.24, 2.45) is 0 Å². The van der Waals surface area contributed by atoms with Crippen molar-refractivity contribution in [2.45, 2.75) is 0 Å². The number of benzene rings is 5. The van der Waals surface area contributed by atoms with E-state index in [2.05, 4.69) is 132 Å². The van der Waals surface area contributed by atoms with Crippen LogP contribution in [0.2, 0.25) is 0 Å². The summed E-state index contributed by atoms with van der Waals surface area (Å²) in [5.41, 5.74) is 9.73. The second-order valence-corrected chi connectivity index (χ2v) is 10.4. The Hall–Kier alpha value is -4.89. The lowest BCUT2D eigenvalue weighted by molar-refractivity contribution is 0.645. The van der Waals surface area contributed by atoms with Gasteiger partial charge in [-0.15, -0.1) is 0 Å². The van der Waals surface area contributed by atoms with E-state index in [1.807, 2.05) is 0 Å². The SMILES string of the molecule is c1ccc(B2c3oc4ccccc4c3B(n3c4ccccc4c4ccccc43)c3oc4ccccc4c32)cc1. The Kier molecular flexibility index (Phi) is 4.22. The van der Waals surface area contributed by atoms with Crippen LogP contribution in [0.15, 0.2) is 136 Å². The first-order chi connectivity index (χ1) is 19.4. The van der Waals surface area contributed by atoms with Crippen molar-refractivity contribution >= 4 is 85.0 Å². The summed E-state index contributed by atoms with van der Waals surface area (Å²) in [5, 5.41) is 4.75. The quantitative estimate of drug-likeness (QED) is 0.323. The zero-order valence-electron chi connectivity index (χ0n) is 21.0.